The molecule has 9 nitrogen and oxygen atoms in total. The lowest BCUT2D eigenvalue weighted by Crippen LogP contribution is -2.48. The number of aromatic amines is 1. The van der Waals surface area contributed by atoms with Gasteiger partial charge in [0.2, 0.25) is 0 Å². The Morgan fingerprint density at radius 2 is 1.89 bits per heavy atom. The summed E-state index contributed by atoms with van der Waals surface area (Å²) in [4.78, 5) is 21.7. The quantitative estimate of drug-likeness (QED) is 0.406. The third-order valence-electron chi connectivity index (χ3n) is 8.10. The smallest absolute Gasteiger partial charge is 0.253 e. The summed E-state index contributed by atoms with van der Waals surface area (Å²) in [5.41, 5.74) is 5.06. The molecule has 6 rings (SSSR count). The number of hydrogen-bond acceptors (Lipinski definition) is 7. The number of piperazine rings is 1. The number of hydrogen-bond donors (Lipinski definition) is 1. The number of nitrogens with zero attached hydrogens (tertiary/aromatic N) is 6. The van der Waals surface area contributed by atoms with Gasteiger partial charge in [0, 0.05) is 44.9 Å². The van der Waals surface area contributed by atoms with Gasteiger partial charge in [-0.05, 0) is 65.3 Å². The van der Waals surface area contributed by atoms with Crippen molar-refractivity contribution in [2.75, 3.05) is 32.8 Å². The maximum atomic E-state index is 13.6. The molecule has 0 saturated carbocycles. The van der Waals surface area contributed by atoms with E-state index in [1.54, 1.807) is 0 Å². The van der Waals surface area contributed by atoms with Gasteiger partial charge in [-0.15, -0.1) is 5.10 Å². The lowest BCUT2D eigenvalue weighted by molar-refractivity contribution is 0.0840. The van der Waals surface area contributed by atoms with Crippen LogP contribution in [0.3, 0.4) is 0 Å². The fraction of sp³-hybridized carbons (Fsp3) is 0.448. The summed E-state index contributed by atoms with van der Waals surface area (Å²) in [6.07, 6.45) is 2.15. The number of aromatic nitrogens is 5. The van der Waals surface area contributed by atoms with Crippen molar-refractivity contribution in [1.82, 2.24) is 35.0 Å². The summed E-state index contributed by atoms with van der Waals surface area (Å²) in [6, 6.07) is 16.5. The zero-order chi connectivity index (χ0) is 26.1. The van der Waals surface area contributed by atoms with Crippen LogP contribution >= 0.6 is 0 Å². The zero-order valence-corrected chi connectivity index (χ0v) is 22.1. The molecular formula is C29H35N7O2. The van der Waals surface area contributed by atoms with E-state index in [1.807, 2.05) is 10.7 Å². The first-order valence-corrected chi connectivity index (χ1v) is 13.6. The Kier molecular flexibility index (Phi) is 7.06. The lowest BCUT2D eigenvalue weighted by Gasteiger charge is -2.38. The van der Waals surface area contributed by atoms with Crippen LogP contribution in [0.2, 0.25) is 0 Å². The molecular weight excluding hydrogens is 478 g/mol. The van der Waals surface area contributed by atoms with Crippen molar-refractivity contribution in [3.8, 4) is 0 Å². The van der Waals surface area contributed by atoms with E-state index < -0.39 is 0 Å². The molecule has 38 heavy (non-hydrogen) atoms. The Hall–Kier alpha value is -3.40. The van der Waals surface area contributed by atoms with E-state index in [4.69, 9.17) is 4.74 Å². The van der Waals surface area contributed by atoms with Gasteiger partial charge in [0.15, 0.2) is 5.82 Å². The molecule has 4 aromatic rings. The molecule has 198 valence electrons. The molecule has 9 heteroatoms. The standard InChI is InChI=1S/C29H35N7O2/c1-20-10-11-23-17-25(29(37)30-26(23)21(20)2)27(28-31-32-33-36(28)19-24-9-6-16-38-24)35-14-12-34(13-15-35)18-22-7-4-3-5-8-22/h3-5,7-8,10-11,17,24,27H,6,9,12-16,18-19H2,1-2H3,(H,30,37)/t24-,27+/m0/s1. The molecule has 0 unspecified atom stereocenters. The third kappa shape index (κ3) is 5.01. The van der Waals surface area contributed by atoms with Crippen LogP contribution in [0.15, 0.2) is 53.3 Å². The molecule has 0 radical (unpaired) electrons. The molecule has 2 aromatic heterocycles. The summed E-state index contributed by atoms with van der Waals surface area (Å²) in [6.45, 7) is 9.85. The van der Waals surface area contributed by atoms with Crippen molar-refractivity contribution in [2.24, 2.45) is 0 Å². The Morgan fingerprint density at radius 3 is 2.66 bits per heavy atom. The second kappa shape index (κ2) is 10.8. The summed E-state index contributed by atoms with van der Waals surface area (Å²) < 4.78 is 7.73. The molecule has 0 spiro atoms. The van der Waals surface area contributed by atoms with Gasteiger partial charge >= 0.3 is 0 Å². The first-order valence-electron chi connectivity index (χ1n) is 13.6. The second-order valence-corrected chi connectivity index (χ2v) is 10.6. The number of fused-ring (bicyclic) bond motifs is 1. The van der Waals surface area contributed by atoms with Gasteiger partial charge in [-0.25, -0.2) is 4.68 Å². The number of pyridine rings is 1. The summed E-state index contributed by atoms with van der Waals surface area (Å²) in [7, 11) is 0. The van der Waals surface area contributed by atoms with Crippen LogP contribution < -0.4 is 5.56 Å². The first kappa shape index (κ1) is 24.9. The van der Waals surface area contributed by atoms with Gasteiger partial charge in [0.05, 0.1) is 18.2 Å². The fourth-order valence-corrected chi connectivity index (χ4v) is 5.78. The Morgan fingerprint density at radius 1 is 1.08 bits per heavy atom. The SMILES string of the molecule is Cc1ccc2cc([C@H](c3nnnn3C[C@@H]3CCCO3)N3CCN(Cc4ccccc4)CC3)c(=O)[nH]c2c1C. The molecule has 0 bridgehead atoms. The molecule has 2 aromatic carbocycles. The predicted octanol–water partition coefficient (Wildman–Crippen LogP) is 3.22. The van der Waals surface area contributed by atoms with Crippen molar-refractivity contribution in [1.29, 1.82) is 0 Å². The van der Waals surface area contributed by atoms with Crippen molar-refractivity contribution in [3.63, 3.8) is 0 Å². The number of ether oxygens (including phenoxy) is 1. The highest BCUT2D eigenvalue weighted by molar-refractivity contribution is 5.83. The lowest BCUT2D eigenvalue weighted by atomic mass is 9.99. The van der Waals surface area contributed by atoms with Crippen molar-refractivity contribution < 1.29 is 4.74 Å². The van der Waals surface area contributed by atoms with Gasteiger partial charge in [-0.3, -0.25) is 14.6 Å². The molecule has 1 N–H and O–H groups in total. The zero-order valence-electron chi connectivity index (χ0n) is 22.1. The Bertz CT molecular complexity index is 1450. The van der Waals surface area contributed by atoms with E-state index in [2.05, 4.69) is 86.6 Å². The van der Waals surface area contributed by atoms with Crippen LogP contribution in [0.5, 0.6) is 0 Å². The number of aryl methyl sites for hydroxylation is 2. The monoisotopic (exact) mass is 513 g/mol. The van der Waals surface area contributed by atoms with E-state index in [9.17, 15) is 4.79 Å². The van der Waals surface area contributed by atoms with Crippen LogP contribution in [-0.4, -0.2) is 73.9 Å². The van der Waals surface area contributed by atoms with Gasteiger partial charge in [0.1, 0.15) is 6.04 Å². The highest BCUT2D eigenvalue weighted by Crippen LogP contribution is 2.29. The molecule has 2 saturated heterocycles. The molecule has 2 atom stereocenters. The van der Waals surface area contributed by atoms with E-state index in [-0.39, 0.29) is 17.7 Å². The maximum absolute atomic E-state index is 13.6. The second-order valence-electron chi connectivity index (χ2n) is 10.6. The third-order valence-corrected chi connectivity index (χ3v) is 8.10. The summed E-state index contributed by atoms with van der Waals surface area (Å²) >= 11 is 0. The van der Waals surface area contributed by atoms with Crippen LogP contribution in [0.4, 0.5) is 0 Å². The van der Waals surface area contributed by atoms with Gasteiger partial charge in [-0.1, -0.05) is 42.5 Å². The van der Waals surface area contributed by atoms with Crippen molar-refractivity contribution >= 4 is 10.9 Å². The minimum absolute atomic E-state index is 0.0884. The number of nitrogens with one attached hydrogen (secondary N) is 1. The Labute approximate surface area is 222 Å². The topological polar surface area (TPSA) is 92.2 Å². The van der Waals surface area contributed by atoms with Crippen LogP contribution in [0, 0.1) is 13.8 Å². The highest BCUT2D eigenvalue weighted by Gasteiger charge is 2.33. The van der Waals surface area contributed by atoms with Crippen LogP contribution in [0.25, 0.3) is 10.9 Å². The van der Waals surface area contributed by atoms with E-state index >= 15 is 0 Å². The minimum atomic E-state index is -0.347. The van der Waals surface area contributed by atoms with E-state index in [1.165, 1.54) is 5.56 Å². The maximum Gasteiger partial charge on any atom is 0.253 e. The summed E-state index contributed by atoms with van der Waals surface area (Å²) in [5, 5.41) is 13.9. The number of tetrazole rings is 1. The fourth-order valence-electron chi connectivity index (χ4n) is 5.78. The van der Waals surface area contributed by atoms with Gasteiger partial charge in [0.25, 0.3) is 5.56 Å². The Balaban J connectivity index is 1.34. The van der Waals surface area contributed by atoms with Gasteiger partial charge < -0.3 is 9.72 Å². The molecule has 4 heterocycles. The molecule has 0 amide bonds. The molecule has 2 aliphatic rings. The number of benzene rings is 2. The normalized spacial score (nSPS) is 19.8. The van der Waals surface area contributed by atoms with E-state index in [0.717, 1.165) is 74.2 Å². The summed E-state index contributed by atoms with van der Waals surface area (Å²) in [5.74, 6) is 0.700. The van der Waals surface area contributed by atoms with Crippen LogP contribution in [0.1, 0.15) is 47.0 Å². The van der Waals surface area contributed by atoms with Crippen LogP contribution in [-0.2, 0) is 17.8 Å². The van der Waals surface area contributed by atoms with Crippen molar-refractivity contribution in [3.05, 3.63) is 87.0 Å². The number of H-pyrrole nitrogens is 1. The largest absolute Gasteiger partial charge is 0.376 e. The van der Waals surface area contributed by atoms with E-state index in [0.29, 0.717) is 17.9 Å². The predicted molar refractivity (Wildman–Crippen MR) is 146 cm³/mol. The first-order chi connectivity index (χ1) is 18.6. The van der Waals surface area contributed by atoms with Gasteiger partial charge in [-0.2, -0.15) is 0 Å². The molecule has 0 aliphatic carbocycles. The average molecular weight is 514 g/mol. The molecule has 2 aliphatic heterocycles. The minimum Gasteiger partial charge on any atom is -0.376 e. The highest BCUT2D eigenvalue weighted by atomic mass is 16.5. The average Bonchev–Trinajstić information content (AvgIpc) is 3.62. The number of rotatable bonds is 7. The van der Waals surface area contributed by atoms with Crippen molar-refractivity contribution in [2.45, 2.75) is 51.9 Å². The molecule has 2 fully saturated rings.